The number of allylic oxidation sites excluding steroid dienone is 21. The van der Waals surface area contributed by atoms with Crippen molar-refractivity contribution in [2.75, 3.05) is 26.4 Å². The van der Waals surface area contributed by atoms with Crippen LogP contribution in [0.1, 0.15) is 232 Å². The Morgan fingerprint density at radius 3 is 1.13 bits per heavy atom. The molecule has 3 rings (SSSR count). The Bertz CT molecular complexity index is 2310. The zero-order valence-electron chi connectivity index (χ0n) is 60.2. The largest absolute Gasteiger partial charge is 0.394 e. The monoisotopic (exact) mass is 1400 g/mol. The van der Waals surface area contributed by atoms with Gasteiger partial charge in [0, 0.05) is 6.42 Å². The first-order valence-electron chi connectivity index (χ1n) is 37.9. The normalized spacial score (nSPS) is 27.4. The topological polar surface area (TPSA) is 307 Å². The molecular formula is C80H133NO18. The lowest BCUT2D eigenvalue weighted by Gasteiger charge is -2.48. The van der Waals surface area contributed by atoms with Gasteiger partial charge in [0.25, 0.3) is 0 Å². The fourth-order valence-electron chi connectivity index (χ4n) is 11.8. The van der Waals surface area contributed by atoms with Crippen molar-refractivity contribution in [3.8, 4) is 0 Å². The Balaban J connectivity index is 1.44. The maximum absolute atomic E-state index is 13.4. The molecule has 0 saturated carbocycles. The molecular weight excluding hydrogens is 1260 g/mol. The van der Waals surface area contributed by atoms with Crippen molar-refractivity contribution in [3.05, 3.63) is 134 Å². The van der Waals surface area contributed by atoms with Crippen LogP contribution >= 0.6 is 0 Å². The summed E-state index contributed by atoms with van der Waals surface area (Å²) in [7, 11) is 0. The van der Waals surface area contributed by atoms with E-state index in [0.29, 0.717) is 12.8 Å². The molecule has 19 heteroatoms. The van der Waals surface area contributed by atoms with Crippen LogP contribution in [0.3, 0.4) is 0 Å². The molecule has 17 atom stereocenters. The van der Waals surface area contributed by atoms with Crippen LogP contribution < -0.4 is 5.32 Å². The predicted octanol–water partition coefficient (Wildman–Crippen LogP) is 11.7. The van der Waals surface area contributed by atoms with Crippen molar-refractivity contribution in [1.29, 1.82) is 0 Å². The smallest absolute Gasteiger partial charge is 0.220 e. The molecule has 0 aromatic carbocycles. The van der Waals surface area contributed by atoms with Crippen molar-refractivity contribution in [2.45, 2.75) is 336 Å². The number of aliphatic hydroxyl groups is 11. The zero-order chi connectivity index (χ0) is 71.8. The maximum atomic E-state index is 13.4. The first-order chi connectivity index (χ1) is 48.3. The van der Waals surface area contributed by atoms with Gasteiger partial charge in [-0.3, -0.25) is 4.79 Å². The van der Waals surface area contributed by atoms with E-state index in [1.54, 1.807) is 6.08 Å². The lowest BCUT2D eigenvalue weighted by Crippen LogP contribution is -2.66. The van der Waals surface area contributed by atoms with Crippen LogP contribution in [0.5, 0.6) is 0 Å². The molecule has 566 valence electrons. The number of hydrogen-bond donors (Lipinski definition) is 12. The molecule has 0 aliphatic carbocycles. The van der Waals surface area contributed by atoms with E-state index < -0.39 is 131 Å². The van der Waals surface area contributed by atoms with Gasteiger partial charge in [-0.05, 0) is 109 Å². The molecule has 3 aliphatic heterocycles. The standard InChI is InChI=1S/C80H133NO18/c1-3-5-7-9-11-13-15-17-19-21-23-25-27-29-30-31-32-34-36-38-40-42-44-46-48-50-52-54-56-58-68(86)81-63(64(85)57-55-53-51-49-47-45-43-41-39-37-35-33-28-26-24-22-20-18-16-14-12-10-8-6-4-2)62-94-78-74(92)71(89)76(66(60-83)96-78)99-80-75(93)72(90)77(67(61-84)97-80)98-79-73(91)70(88)69(87)65(59-82)95-79/h5,7,11,13,17,19,23,25,29-30,32,34,38-41,44,46-47,49,55,57,63-67,69-80,82-85,87-93H,3-4,6,8-10,12,14-16,18,20-22,24,26-28,31,33,35-37,42-43,45,48,50-54,56,58-62H2,1-2H3,(H,81,86)/b7-5-,13-11-,19-17-,25-23-,30-29-,34-32-,40-38-,41-39+,46-44-,49-47+,57-55+. The summed E-state index contributed by atoms with van der Waals surface area (Å²) in [5.74, 6) is -0.319. The van der Waals surface area contributed by atoms with Crippen LogP contribution in [0.15, 0.2) is 134 Å². The maximum Gasteiger partial charge on any atom is 0.220 e. The molecule has 3 heterocycles. The molecule has 0 aromatic heterocycles. The summed E-state index contributed by atoms with van der Waals surface area (Å²) in [6, 6.07) is -1.02. The van der Waals surface area contributed by atoms with E-state index in [-0.39, 0.29) is 12.3 Å². The van der Waals surface area contributed by atoms with Crippen LogP contribution in [0.4, 0.5) is 0 Å². The summed E-state index contributed by atoms with van der Waals surface area (Å²) in [6.07, 6.45) is 57.1. The summed E-state index contributed by atoms with van der Waals surface area (Å²) >= 11 is 0. The number of nitrogens with one attached hydrogen (secondary N) is 1. The fourth-order valence-corrected chi connectivity index (χ4v) is 11.8. The average molecular weight is 1400 g/mol. The van der Waals surface area contributed by atoms with Gasteiger partial charge in [0.2, 0.25) is 5.91 Å². The molecule has 0 radical (unpaired) electrons. The summed E-state index contributed by atoms with van der Waals surface area (Å²) in [4.78, 5) is 13.4. The average Bonchev–Trinajstić information content (AvgIpc) is 0.785. The van der Waals surface area contributed by atoms with Crippen molar-refractivity contribution >= 4 is 5.91 Å². The highest BCUT2D eigenvalue weighted by Gasteiger charge is 2.53. The lowest BCUT2D eigenvalue weighted by atomic mass is 9.96. The van der Waals surface area contributed by atoms with Gasteiger partial charge in [-0.2, -0.15) is 0 Å². The zero-order valence-corrected chi connectivity index (χ0v) is 60.2. The number of carbonyl (C=O) groups is 1. The third-order valence-electron chi connectivity index (χ3n) is 17.9. The number of aliphatic hydroxyl groups excluding tert-OH is 11. The minimum absolute atomic E-state index is 0.193. The number of carbonyl (C=O) groups excluding carboxylic acids is 1. The molecule has 3 saturated heterocycles. The molecule has 3 fully saturated rings. The second-order valence-corrected chi connectivity index (χ2v) is 26.4. The van der Waals surface area contributed by atoms with Gasteiger partial charge in [-0.1, -0.05) is 250 Å². The number of hydrogen-bond acceptors (Lipinski definition) is 18. The van der Waals surface area contributed by atoms with Crippen LogP contribution in [0.25, 0.3) is 0 Å². The second-order valence-electron chi connectivity index (χ2n) is 26.4. The summed E-state index contributed by atoms with van der Waals surface area (Å²) in [6.45, 7) is 1.57. The van der Waals surface area contributed by atoms with Gasteiger partial charge in [-0.25, -0.2) is 0 Å². The van der Waals surface area contributed by atoms with Crippen molar-refractivity contribution in [1.82, 2.24) is 5.32 Å². The van der Waals surface area contributed by atoms with Gasteiger partial charge in [0.1, 0.15) is 73.2 Å². The first kappa shape index (κ1) is 89.1. The van der Waals surface area contributed by atoms with Gasteiger partial charge in [0.15, 0.2) is 18.9 Å². The second kappa shape index (κ2) is 59.3. The van der Waals surface area contributed by atoms with Gasteiger partial charge in [0.05, 0.1) is 38.6 Å². The predicted molar refractivity (Wildman–Crippen MR) is 392 cm³/mol. The lowest BCUT2D eigenvalue weighted by molar-refractivity contribution is -0.379. The molecule has 0 bridgehead atoms. The first-order valence-corrected chi connectivity index (χ1v) is 37.9. The van der Waals surface area contributed by atoms with E-state index in [1.165, 1.54) is 96.3 Å². The molecule has 17 unspecified atom stereocenters. The molecule has 0 spiro atoms. The molecule has 99 heavy (non-hydrogen) atoms. The number of amides is 1. The Labute approximate surface area is 594 Å². The highest BCUT2D eigenvalue weighted by atomic mass is 16.8. The highest BCUT2D eigenvalue weighted by molar-refractivity contribution is 5.76. The van der Waals surface area contributed by atoms with Crippen LogP contribution in [-0.4, -0.2) is 193 Å². The quantitative estimate of drug-likeness (QED) is 0.0199. The summed E-state index contributed by atoms with van der Waals surface area (Å²) in [5.41, 5.74) is 0. The van der Waals surface area contributed by atoms with E-state index in [1.807, 2.05) is 6.08 Å². The van der Waals surface area contributed by atoms with E-state index >= 15 is 0 Å². The van der Waals surface area contributed by atoms with Gasteiger partial charge >= 0.3 is 0 Å². The molecule has 1 amide bonds. The number of rotatable bonds is 57. The third-order valence-corrected chi connectivity index (χ3v) is 17.9. The van der Waals surface area contributed by atoms with Crippen molar-refractivity contribution in [3.63, 3.8) is 0 Å². The Kier molecular flexibility index (Phi) is 53.4. The number of ether oxygens (including phenoxy) is 6. The van der Waals surface area contributed by atoms with E-state index in [0.717, 1.165) is 103 Å². The summed E-state index contributed by atoms with van der Waals surface area (Å²) < 4.78 is 34.4. The van der Waals surface area contributed by atoms with Crippen LogP contribution in [-0.2, 0) is 33.2 Å². The van der Waals surface area contributed by atoms with Crippen molar-refractivity contribution in [2.24, 2.45) is 0 Å². The Hall–Kier alpha value is -4.07. The van der Waals surface area contributed by atoms with E-state index in [2.05, 4.69) is 141 Å². The highest BCUT2D eigenvalue weighted by Crippen LogP contribution is 2.33. The molecule has 0 aromatic rings. The van der Waals surface area contributed by atoms with Gasteiger partial charge in [-0.15, -0.1) is 0 Å². The molecule has 19 nitrogen and oxygen atoms in total. The summed E-state index contributed by atoms with van der Waals surface area (Å²) in [5, 5.41) is 121. The Morgan fingerprint density at radius 1 is 0.374 bits per heavy atom. The SMILES string of the molecule is CC/C=C\C/C=C\C/C=C\C/C=C\C/C=C\C/C=C\C/C=C\C/C=C\CCCCCCC(=O)NC(COC1OC(CO)C(OC2OC(CO)C(OC3OC(CO)C(O)C(O)C3O)C(O)C2O)C(O)C1O)C(O)/C=C/CC/C=C/CC/C=C/CCCCCCCCCCCCCCCCC. The fraction of sp³-hybridized carbons (Fsp3) is 0.713. The van der Waals surface area contributed by atoms with Crippen molar-refractivity contribution < 1.29 is 89.4 Å². The molecule has 12 N–H and O–H groups in total. The van der Waals surface area contributed by atoms with E-state index in [4.69, 9.17) is 28.4 Å². The van der Waals surface area contributed by atoms with Crippen LogP contribution in [0, 0.1) is 0 Å². The van der Waals surface area contributed by atoms with E-state index in [9.17, 15) is 61.0 Å². The Morgan fingerprint density at radius 2 is 0.707 bits per heavy atom. The minimum atomic E-state index is -1.99. The third kappa shape index (κ3) is 40.0. The van der Waals surface area contributed by atoms with Gasteiger partial charge < -0.3 is 89.9 Å². The minimum Gasteiger partial charge on any atom is -0.394 e. The molecule has 3 aliphatic rings. The van der Waals surface area contributed by atoms with Crippen LogP contribution in [0.2, 0.25) is 0 Å². The number of unbranched alkanes of at least 4 members (excludes halogenated alkanes) is 21.